The fraction of sp³-hybridized carbons (Fsp3) is 0.611. The van der Waals surface area contributed by atoms with E-state index in [-0.39, 0.29) is 11.9 Å². The monoisotopic (exact) mass is 338 g/mol. The minimum absolute atomic E-state index is 0.161. The number of benzene rings is 1. The third-order valence-electron chi connectivity index (χ3n) is 4.78. The Morgan fingerprint density at radius 2 is 1.96 bits per heavy atom. The Morgan fingerprint density at radius 1 is 1.30 bits per heavy atom. The van der Waals surface area contributed by atoms with Crippen LogP contribution >= 0.6 is 11.6 Å². The molecule has 1 heterocycles. The van der Waals surface area contributed by atoms with Crippen LogP contribution in [0.2, 0.25) is 5.02 Å². The molecule has 1 amide bonds. The second-order valence-electron chi connectivity index (χ2n) is 6.94. The van der Waals surface area contributed by atoms with E-state index in [2.05, 4.69) is 44.0 Å². The first-order chi connectivity index (χ1) is 10.9. The predicted molar refractivity (Wildman–Crippen MR) is 96.4 cm³/mol. The van der Waals surface area contributed by atoms with E-state index in [0.717, 1.165) is 31.2 Å². The smallest absolute Gasteiger partial charge is 0.275 e. The number of hydrogen-bond donors (Lipinski definition) is 2. The average Bonchev–Trinajstić information content (AvgIpc) is 2.50. The quantitative estimate of drug-likeness (QED) is 0.854. The van der Waals surface area contributed by atoms with Crippen LogP contribution in [0.25, 0.3) is 0 Å². The number of carbonyl (C=O) groups excluding carboxylic acids is 1. The molecule has 1 fully saturated rings. The molecule has 0 spiro atoms. The number of piperazine rings is 1. The van der Waals surface area contributed by atoms with Crippen molar-refractivity contribution in [1.29, 1.82) is 0 Å². The van der Waals surface area contributed by atoms with Crippen LogP contribution in [-0.2, 0) is 4.79 Å². The van der Waals surface area contributed by atoms with E-state index < -0.39 is 0 Å². The molecule has 0 radical (unpaired) electrons. The molecule has 1 aromatic rings. The van der Waals surface area contributed by atoms with Gasteiger partial charge in [0.05, 0.1) is 26.2 Å². The summed E-state index contributed by atoms with van der Waals surface area (Å²) in [5.41, 5.74) is 2.47. The molecule has 0 unspecified atom stereocenters. The second kappa shape index (κ2) is 8.02. The number of aryl methyl sites for hydroxylation is 1. The lowest BCUT2D eigenvalue weighted by Gasteiger charge is -2.34. The molecular weight excluding hydrogens is 310 g/mol. The molecule has 1 aliphatic heterocycles. The van der Waals surface area contributed by atoms with Crippen LogP contribution in [0.15, 0.2) is 18.2 Å². The lowest BCUT2D eigenvalue weighted by atomic mass is 10.1. The van der Waals surface area contributed by atoms with Crippen LogP contribution in [0, 0.1) is 12.8 Å². The summed E-state index contributed by atoms with van der Waals surface area (Å²) in [5, 5.41) is 3.88. The van der Waals surface area contributed by atoms with Gasteiger partial charge in [-0.05, 0) is 37.5 Å². The van der Waals surface area contributed by atoms with Gasteiger partial charge in [-0.15, -0.1) is 0 Å². The highest BCUT2D eigenvalue weighted by Crippen LogP contribution is 2.24. The van der Waals surface area contributed by atoms with Crippen molar-refractivity contribution in [1.82, 2.24) is 5.32 Å². The zero-order valence-electron chi connectivity index (χ0n) is 14.7. The van der Waals surface area contributed by atoms with E-state index in [4.69, 9.17) is 11.6 Å². The molecule has 1 saturated heterocycles. The number of nitrogens with zero attached hydrogens (tertiary/aromatic N) is 1. The lowest BCUT2D eigenvalue weighted by molar-refractivity contribution is -0.892. The number of nitrogens with one attached hydrogen (secondary N) is 2. The van der Waals surface area contributed by atoms with Gasteiger partial charge in [0.2, 0.25) is 0 Å². The molecule has 23 heavy (non-hydrogen) atoms. The van der Waals surface area contributed by atoms with Crippen molar-refractivity contribution in [2.24, 2.45) is 5.92 Å². The molecule has 1 atom stereocenters. The van der Waals surface area contributed by atoms with Crippen molar-refractivity contribution >= 4 is 23.2 Å². The predicted octanol–water partition coefficient (Wildman–Crippen LogP) is 1.51. The summed E-state index contributed by atoms with van der Waals surface area (Å²) < 4.78 is 0. The zero-order chi connectivity index (χ0) is 17.0. The maximum absolute atomic E-state index is 12.1. The van der Waals surface area contributed by atoms with Crippen LogP contribution in [0.4, 0.5) is 5.69 Å². The third kappa shape index (κ3) is 5.11. The first-order valence-corrected chi connectivity index (χ1v) is 8.88. The Bertz CT molecular complexity index is 539. The number of anilines is 1. The fourth-order valence-corrected chi connectivity index (χ4v) is 3.03. The van der Waals surface area contributed by atoms with Gasteiger partial charge in [0, 0.05) is 16.8 Å². The number of rotatable bonds is 5. The molecule has 128 valence electrons. The highest BCUT2D eigenvalue weighted by Gasteiger charge is 2.24. The molecule has 5 heteroatoms. The third-order valence-corrected chi connectivity index (χ3v) is 5.02. The van der Waals surface area contributed by atoms with Gasteiger partial charge < -0.3 is 15.1 Å². The first-order valence-electron chi connectivity index (χ1n) is 8.51. The molecule has 0 bridgehead atoms. The molecule has 2 rings (SSSR count). The van der Waals surface area contributed by atoms with E-state index in [9.17, 15) is 4.79 Å². The summed E-state index contributed by atoms with van der Waals surface area (Å²) in [5.74, 6) is 0.630. The molecule has 2 N–H and O–H groups in total. The summed E-state index contributed by atoms with van der Waals surface area (Å²) in [7, 11) is 0. The van der Waals surface area contributed by atoms with Gasteiger partial charge in [-0.3, -0.25) is 4.79 Å². The van der Waals surface area contributed by atoms with Crippen molar-refractivity contribution in [3.05, 3.63) is 28.8 Å². The number of amides is 1. The Hall–Kier alpha value is -1.26. The van der Waals surface area contributed by atoms with E-state index in [1.54, 1.807) is 0 Å². The Labute approximate surface area is 144 Å². The number of halogens is 1. The van der Waals surface area contributed by atoms with Gasteiger partial charge in [-0.25, -0.2) is 0 Å². The molecule has 0 aromatic heterocycles. The standard InChI is InChI=1S/C18H28ClN3O/c1-13(2)15(4)20-18(23)12-21-7-9-22(10-8-21)17-11-16(19)6-5-14(17)3/h5-6,11,13,15H,7-10,12H2,1-4H3,(H,20,23)/p+1/t15-/m1/s1. The largest absolute Gasteiger partial charge is 0.360 e. The SMILES string of the molecule is Cc1ccc(Cl)cc1N1CC[NH+](CC(=O)N[C@H](C)C(C)C)CC1. The topological polar surface area (TPSA) is 36.8 Å². The van der Waals surface area contributed by atoms with Crippen molar-refractivity contribution in [2.45, 2.75) is 33.7 Å². The molecule has 4 nitrogen and oxygen atoms in total. The normalized spacial score (nSPS) is 17.4. The Balaban J connectivity index is 1.84. The Kier molecular flexibility index (Phi) is 6.31. The van der Waals surface area contributed by atoms with Crippen molar-refractivity contribution in [2.75, 3.05) is 37.6 Å². The summed E-state index contributed by atoms with van der Waals surface area (Å²) in [6.07, 6.45) is 0. The van der Waals surface area contributed by atoms with E-state index >= 15 is 0 Å². The van der Waals surface area contributed by atoms with E-state index in [1.165, 1.54) is 16.2 Å². The maximum Gasteiger partial charge on any atom is 0.275 e. The van der Waals surface area contributed by atoms with Gasteiger partial charge in [-0.2, -0.15) is 0 Å². The lowest BCUT2D eigenvalue weighted by Crippen LogP contribution is -3.16. The Morgan fingerprint density at radius 3 is 2.57 bits per heavy atom. The molecule has 0 saturated carbocycles. The van der Waals surface area contributed by atoms with Gasteiger partial charge in [0.1, 0.15) is 0 Å². The van der Waals surface area contributed by atoms with Crippen LogP contribution in [0.1, 0.15) is 26.3 Å². The minimum Gasteiger partial charge on any atom is -0.360 e. The van der Waals surface area contributed by atoms with Crippen molar-refractivity contribution < 1.29 is 9.69 Å². The minimum atomic E-state index is 0.161. The molecule has 0 aliphatic carbocycles. The van der Waals surface area contributed by atoms with Crippen LogP contribution in [0.3, 0.4) is 0 Å². The van der Waals surface area contributed by atoms with Crippen molar-refractivity contribution in [3.8, 4) is 0 Å². The summed E-state index contributed by atoms with van der Waals surface area (Å²) in [6, 6.07) is 6.27. The van der Waals surface area contributed by atoms with Crippen LogP contribution in [-0.4, -0.2) is 44.7 Å². The average molecular weight is 339 g/mol. The van der Waals surface area contributed by atoms with Gasteiger partial charge in [0.25, 0.3) is 5.91 Å². The zero-order valence-corrected chi connectivity index (χ0v) is 15.4. The fourth-order valence-electron chi connectivity index (χ4n) is 2.86. The van der Waals surface area contributed by atoms with E-state index in [1.807, 2.05) is 12.1 Å². The number of quaternary nitrogens is 1. The first kappa shape index (κ1) is 18.1. The second-order valence-corrected chi connectivity index (χ2v) is 7.38. The summed E-state index contributed by atoms with van der Waals surface area (Å²) in [6.45, 7) is 12.9. The molecular formula is C18H29ClN3O+. The molecule has 1 aromatic carbocycles. The molecule has 1 aliphatic rings. The van der Waals surface area contributed by atoms with Gasteiger partial charge in [0.15, 0.2) is 6.54 Å². The van der Waals surface area contributed by atoms with E-state index in [0.29, 0.717) is 12.5 Å². The van der Waals surface area contributed by atoms with Gasteiger partial charge >= 0.3 is 0 Å². The van der Waals surface area contributed by atoms with Crippen LogP contribution < -0.4 is 15.1 Å². The summed E-state index contributed by atoms with van der Waals surface area (Å²) >= 11 is 6.12. The highest BCUT2D eigenvalue weighted by molar-refractivity contribution is 6.30. The number of hydrogen-bond acceptors (Lipinski definition) is 2. The van der Waals surface area contributed by atoms with Crippen molar-refractivity contribution in [3.63, 3.8) is 0 Å². The highest BCUT2D eigenvalue weighted by atomic mass is 35.5. The number of carbonyl (C=O) groups is 1. The van der Waals surface area contributed by atoms with Gasteiger partial charge in [-0.1, -0.05) is 31.5 Å². The summed E-state index contributed by atoms with van der Waals surface area (Å²) in [4.78, 5) is 15.8. The maximum atomic E-state index is 12.1. The van der Waals surface area contributed by atoms with Crippen LogP contribution in [0.5, 0.6) is 0 Å².